The number of carbonyl (C=O) groups is 2. The van der Waals surface area contributed by atoms with Crippen molar-refractivity contribution in [1.29, 1.82) is 0 Å². The second-order valence-corrected chi connectivity index (χ2v) is 6.88. The Bertz CT molecular complexity index is 826. The molecule has 0 aliphatic carbocycles. The van der Waals surface area contributed by atoms with Gasteiger partial charge in [0, 0.05) is 10.0 Å². The van der Waals surface area contributed by atoms with Crippen LogP contribution in [0.4, 0.5) is 0 Å². The molecule has 0 aliphatic rings. The molecular formula is C21H25BrN2O4. The van der Waals surface area contributed by atoms with Gasteiger partial charge in [0.05, 0.1) is 25.8 Å². The van der Waals surface area contributed by atoms with Crippen molar-refractivity contribution in [3.05, 3.63) is 58.1 Å². The molecule has 28 heavy (non-hydrogen) atoms. The third-order valence-corrected chi connectivity index (χ3v) is 4.69. The van der Waals surface area contributed by atoms with Crippen molar-refractivity contribution >= 4 is 27.7 Å². The molecule has 0 fully saturated rings. The molecule has 7 heteroatoms. The van der Waals surface area contributed by atoms with Crippen LogP contribution in [0.25, 0.3) is 0 Å². The zero-order valence-electron chi connectivity index (χ0n) is 16.3. The number of hydrogen-bond acceptors (Lipinski definition) is 4. The monoisotopic (exact) mass is 448 g/mol. The number of amides is 2. The van der Waals surface area contributed by atoms with E-state index >= 15 is 0 Å². The standard InChI is InChI=1S/C21H25BrN2O4/c1-4-27-18-11-10-15(12-19(18)28-5-2)21(26)23-13-20(25)24-14(3)16-8-6-7-9-17(16)22/h6-12,14H,4-5,13H2,1-3H3,(H,23,26)(H,24,25). The fraction of sp³-hybridized carbons (Fsp3) is 0.333. The molecule has 0 saturated heterocycles. The van der Waals surface area contributed by atoms with E-state index in [1.165, 1.54) is 0 Å². The highest BCUT2D eigenvalue weighted by molar-refractivity contribution is 9.10. The van der Waals surface area contributed by atoms with E-state index in [0.29, 0.717) is 30.3 Å². The molecule has 2 rings (SSSR count). The van der Waals surface area contributed by atoms with Gasteiger partial charge in [-0.3, -0.25) is 9.59 Å². The number of nitrogens with one attached hydrogen (secondary N) is 2. The summed E-state index contributed by atoms with van der Waals surface area (Å²) in [4.78, 5) is 24.6. The highest BCUT2D eigenvalue weighted by Crippen LogP contribution is 2.28. The number of ether oxygens (including phenoxy) is 2. The van der Waals surface area contributed by atoms with Gasteiger partial charge in [0.2, 0.25) is 5.91 Å². The second-order valence-electron chi connectivity index (χ2n) is 6.02. The number of hydrogen-bond donors (Lipinski definition) is 2. The normalized spacial score (nSPS) is 11.4. The van der Waals surface area contributed by atoms with Gasteiger partial charge in [-0.05, 0) is 50.6 Å². The molecule has 2 aromatic rings. The van der Waals surface area contributed by atoms with Crippen LogP contribution in [0.3, 0.4) is 0 Å². The molecule has 2 N–H and O–H groups in total. The fourth-order valence-electron chi connectivity index (χ4n) is 2.65. The molecule has 2 aromatic carbocycles. The number of carbonyl (C=O) groups excluding carboxylic acids is 2. The maximum Gasteiger partial charge on any atom is 0.251 e. The average Bonchev–Trinajstić information content (AvgIpc) is 2.68. The summed E-state index contributed by atoms with van der Waals surface area (Å²) in [6, 6.07) is 12.4. The lowest BCUT2D eigenvalue weighted by Gasteiger charge is -2.16. The summed E-state index contributed by atoms with van der Waals surface area (Å²) in [5.41, 5.74) is 1.37. The summed E-state index contributed by atoms with van der Waals surface area (Å²) >= 11 is 3.47. The van der Waals surface area contributed by atoms with Crippen LogP contribution in [0.1, 0.15) is 42.7 Å². The molecule has 6 nitrogen and oxygen atoms in total. The lowest BCUT2D eigenvalue weighted by atomic mass is 10.1. The van der Waals surface area contributed by atoms with Crippen LogP contribution in [0.2, 0.25) is 0 Å². The van der Waals surface area contributed by atoms with Gasteiger partial charge in [-0.15, -0.1) is 0 Å². The Morgan fingerprint density at radius 1 is 1.04 bits per heavy atom. The Morgan fingerprint density at radius 2 is 1.71 bits per heavy atom. The van der Waals surface area contributed by atoms with Crippen molar-refractivity contribution in [3.8, 4) is 11.5 Å². The summed E-state index contributed by atoms with van der Waals surface area (Å²) in [5.74, 6) is 0.463. The van der Waals surface area contributed by atoms with Crippen molar-refractivity contribution in [2.75, 3.05) is 19.8 Å². The SMILES string of the molecule is CCOc1ccc(C(=O)NCC(=O)NC(C)c2ccccc2Br)cc1OCC. The molecular weight excluding hydrogens is 424 g/mol. The van der Waals surface area contributed by atoms with Crippen LogP contribution >= 0.6 is 15.9 Å². The van der Waals surface area contributed by atoms with Crippen LogP contribution in [-0.4, -0.2) is 31.6 Å². The summed E-state index contributed by atoms with van der Waals surface area (Å²) in [6.07, 6.45) is 0. The van der Waals surface area contributed by atoms with Gasteiger partial charge in [-0.2, -0.15) is 0 Å². The zero-order chi connectivity index (χ0) is 20.5. The summed E-state index contributed by atoms with van der Waals surface area (Å²) in [7, 11) is 0. The van der Waals surface area contributed by atoms with Crippen molar-refractivity contribution < 1.29 is 19.1 Å². The van der Waals surface area contributed by atoms with Crippen molar-refractivity contribution in [3.63, 3.8) is 0 Å². The summed E-state index contributed by atoms with van der Waals surface area (Å²) < 4.78 is 11.9. The quantitative estimate of drug-likeness (QED) is 0.610. The van der Waals surface area contributed by atoms with Gasteiger partial charge in [0.15, 0.2) is 11.5 Å². The number of rotatable bonds is 9. The maximum atomic E-state index is 12.4. The van der Waals surface area contributed by atoms with E-state index < -0.39 is 0 Å². The Kier molecular flexibility index (Phi) is 8.32. The van der Waals surface area contributed by atoms with Gasteiger partial charge >= 0.3 is 0 Å². The van der Waals surface area contributed by atoms with E-state index in [4.69, 9.17) is 9.47 Å². The highest BCUT2D eigenvalue weighted by atomic mass is 79.9. The van der Waals surface area contributed by atoms with Gasteiger partial charge in [-0.1, -0.05) is 34.1 Å². The minimum absolute atomic E-state index is 0.120. The van der Waals surface area contributed by atoms with E-state index in [-0.39, 0.29) is 24.4 Å². The van der Waals surface area contributed by atoms with Crippen LogP contribution in [0.5, 0.6) is 11.5 Å². The third kappa shape index (κ3) is 5.99. The number of halogens is 1. The first-order valence-corrected chi connectivity index (χ1v) is 9.97. The molecule has 150 valence electrons. The van der Waals surface area contributed by atoms with Crippen LogP contribution in [0.15, 0.2) is 46.9 Å². The largest absolute Gasteiger partial charge is 0.490 e. The van der Waals surface area contributed by atoms with E-state index in [0.717, 1.165) is 10.0 Å². The molecule has 0 aromatic heterocycles. The minimum atomic E-state index is -0.354. The van der Waals surface area contributed by atoms with Crippen molar-refractivity contribution in [2.45, 2.75) is 26.8 Å². The third-order valence-electron chi connectivity index (χ3n) is 3.96. The predicted octanol–water partition coefficient (Wildman–Crippen LogP) is 3.85. The lowest BCUT2D eigenvalue weighted by Crippen LogP contribution is -2.38. The first-order valence-electron chi connectivity index (χ1n) is 9.17. The molecule has 2 amide bonds. The van der Waals surface area contributed by atoms with Gasteiger partial charge in [0.25, 0.3) is 5.91 Å². The Morgan fingerprint density at radius 3 is 2.39 bits per heavy atom. The minimum Gasteiger partial charge on any atom is -0.490 e. The first-order chi connectivity index (χ1) is 13.5. The van der Waals surface area contributed by atoms with Crippen molar-refractivity contribution in [1.82, 2.24) is 10.6 Å². The second kappa shape index (κ2) is 10.7. The average molecular weight is 449 g/mol. The molecule has 0 bridgehead atoms. The number of benzene rings is 2. The van der Waals surface area contributed by atoms with E-state index in [9.17, 15) is 9.59 Å². The zero-order valence-corrected chi connectivity index (χ0v) is 17.8. The summed E-state index contributed by atoms with van der Waals surface area (Å²) in [5, 5.41) is 5.50. The van der Waals surface area contributed by atoms with Gasteiger partial charge in [0.1, 0.15) is 0 Å². The van der Waals surface area contributed by atoms with E-state index in [2.05, 4.69) is 26.6 Å². The molecule has 0 radical (unpaired) electrons. The highest BCUT2D eigenvalue weighted by Gasteiger charge is 2.15. The smallest absolute Gasteiger partial charge is 0.251 e. The first kappa shape index (κ1) is 21.8. The topological polar surface area (TPSA) is 76.7 Å². The van der Waals surface area contributed by atoms with Crippen LogP contribution in [-0.2, 0) is 4.79 Å². The lowest BCUT2D eigenvalue weighted by molar-refractivity contribution is -0.120. The Labute approximate surface area is 173 Å². The van der Waals surface area contributed by atoms with Gasteiger partial charge < -0.3 is 20.1 Å². The Hall–Kier alpha value is -2.54. The molecule has 0 heterocycles. The molecule has 0 aliphatic heterocycles. The van der Waals surface area contributed by atoms with Crippen LogP contribution < -0.4 is 20.1 Å². The molecule has 0 saturated carbocycles. The van der Waals surface area contributed by atoms with Gasteiger partial charge in [-0.25, -0.2) is 0 Å². The fourth-order valence-corrected chi connectivity index (χ4v) is 3.28. The summed E-state index contributed by atoms with van der Waals surface area (Å²) in [6.45, 7) is 6.47. The molecule has 1 atom stereocenters. The predicted molar refractivity (Wildman–Crippen MR) is 112 cm³/mol. The Balaban J connectivity index is 1.95. The van der Waals surface area contributed by atoms with Crippen LogP contribution in [0, 0.1) is 0 Å². The maximum absolute atomic E-state index is 12.4. The van der Waals surface area contributed by atoms with Crippen molar-refractivity contribution in [2.24, 2.45) is 0 Å². The molecule has 1 unspecified atom stereocenters. The van der Waals surface area contributed by atoms with E-state index in [1.54, 1.807) is 18.2 Å². The van der Waals surface area contributed by atoms with E-state index in [1.807, 2.05) is 45.0 Å². The molecule has 0 spiro atoms.